The molecule has 0 spiro atoms. The number of ether oxygens (including phenoxy) is 1. The fraction of sp³-hybridized carbons (Fsp3) is 0.167. The second kappa shape index (κ2) is 13.1. The molecule has 3 heterocycles. The Bertz CT molecular complexity index is 1680. The van der Waals surface area contributed by atoms with Gasteiger partial charge in [-0.2, -0.15) is 0 Å². The highest BCUT2D eigenvalue weighted by atomic mass is 16.6. The van der Waals surface area contributed by atoms with Crippen LogP contribution < -0.4 is 15.4 Å². The number of hydrogen-bond donors (Lipinski definition) is 2. The van der Waals surface area contributed by atoms with Gasteiger partial charge < -0.3 is 19.9 Å². The molecule has 2 aromatic carbocycles. The monoisotopic (exact) mass is 564 g/mol. The van der Waals surface area contributed by atoms with Crippen LogP contribution in [0, 0.1) is 17.0 Å². The highest BCUT2D eigenvalue weighted by Crippen LogP contribution is 2.29. The number of carbonyl (C=O) groups is 1. The summed E-state index contributed by atoms with van der Waals surface area (Å²) in [7, 11) is 0. The van der Waals surface area contributed by atoms with Crippen molar-refractivity contribution in [2.24, 2.45) is 0 Å². The minimum Gasteiger partial charge on any atom is -0.487 e. The molecule has 0 fully saturated rings. The van der Waals surface area contributed by atoms with E-state index in [9.17, 15) is 14.9 Å². The first-order chi connectivity index (χ1) is 20.5. The lowest BCUT2D eigenvalue weighted by atomic mass is 10.1. The molecule has 12 heteroatoms. The third-order valence-electron chi connectivity index (χ3n) is 6.40. The number of anilines is 3. The van der Waals surface area contributed by atoms with Gasteiger partial charge in [-0.05, 0) is 61.7 Å². The molecular weight excluding hydrogens is 536 g/mol. The molecule has 0 aliphatic heterocycles. The van der Waals surface area contributed by atoms with E-state index in [1.807, 2.05) is 35.9 Å². The molecule has 2 N–H and O–H groups in total. The van der Waals surface area contributed by atoms with E-state index in [0.29, 0.717) is 23.7 Å². The Hall–Kier alpha value is -5.65. The zero-order chi connectivity index (χ0) is 29.3. The van der Waals surface area contributed by atoms with Crippen molar-refractivity contribution in [2.45, 2.75) is 26.3 Å². The van der Waals surface area contributed by atoms with Crippen molar-refractivity contribution in [3.63, 3.8) is 0 Å². The van der Waals surface area contributed by atoms with Crippen LogP contribution in [0.3, 0.4) is 0 Å². The number of nitro benzene ring substituents is 1. The average molecular weight is 565 g/mol. The fourth-order valence-corrected chi connectivity index (χ4v) is 4.17. The molecule has 0 unspecified atom stereocenters. The third kappa shape index (κ3) is 7.10. The van der Waals surface area contributed by atoms with E-state index in [-0.39, 0.29) is 23.6 Å². The van der Waals surface area contributed by atoms with Crippen molar-refractivity contribution in [3.8, 4) is 17.0 Å². The number of unbranched alkanes of at least 4 members (excludes halogenated alkanes) is 1. The number of aryl methyl sites for hydroxylation is 2. The quantitative estimate of drug-likeness (QED) is 0.109. The van der Waals surface area contributed by atoms with Gasteiger partial charge in [0.05, 0.1) is 23.6 Å². The van der Waals surface area contributed by atoms with E-state index in [1.165, 1.54) is 18.2 Å². The van der Waals surface area contributed by atoms with Crippen molar-refractivity contribution >= 4 is 28.9 Å². The average Bonchev–Trinajstić information content (AvgIpc) is 3.53. The standard InChI is InChI=1S/C30H28N8O4/c1-21-6-8-24(18-26(21)36-30-33-12-10-25(35-30)23-5-4-11-31-19-23)34-29(39)22-7-9-27(38(40)41)28(17-22)42-16-3-2-14-37-15-13-32-20-37/h4-13,15,17-20H,2-3,14,16H2,1H3,(H,34,39)(H,33,35,36). The number of pyridine rings is 1. The summed E-state index contributed by atoms with van der Waals surface area (Å²) in [6.45, 7) is 2.97. The molecule has 0 saturated heterocycles. The molecule has 0 saturated carbocycles. The van der Waals surface area contributed by atoms with E-state index >= 15 is 0 Å². The largest absolute Gasteiger partial charge is 0.487 e. The Morgan fingerprint density at radius 3 is 2.74 bits per heavy atom. The molecule has 212 valence electrons. The van der Waals surface area contributed by atoms with Gasteiger partial charge in [0.15, 0.2) is 5.75 Å². The van der Waals surface area contributed by atoms with Crippen LogP contribution in [0.4, 0.5) is 23.0 Å². The van der Waals surface area contributed by atoms with Gasteiger partial charge in [-0.15, -0.1) is 0 Å². The lowest BCUT2D eigenvalue weighted by Crippen LogP contribution is -2.13. The smallest absolute Gasteiger partial charge is 0.310 e. The SMILES string of the molecule is Cc1ccc(NC(=O)c2ccc([N+](=O)[O-])c(OCCCCn3ccnc3)c2)cc1Nc1nccc(-c2cccnc2)n1. The number of nitrogens with one attached hydrogen (secondary N) is 2. The second-order valence-electron chi connectivity index (χ2n) is 9.41. The third-order valence-corrected chi connectivity index (χ3v) is 6.40. The summed E-state index contributed by atoms with van der Waals surface area (Å²) in [5.74, 6) is 0.0109. The van der Waals surface area contributed by atoms with Crippen LogP contribution in [0.2, 0.25) is 0 Å². The molecule has 5 rings (SSSR count). The van der Waals surface area contributed by atoms with Crippen molar-refractivity contribution < 1.29 is 14.5 Å². The van der Waals surface area contributed by atoms with Crippen LogP contribution in [0.15, 0.2) is 91.9 Å². The molecule has 0 atom stereocenters. The first kappa shape index (κ1) is 27.9. The minimum absolute atomic E-state index is 0.0483. The lowest BCUT2D eigenvalue weighted by molar-refractivity contribution is -0.385. The zero-order valence-electron chi connectivity index (χ0n) is 22.8. The van der Waals surface area contributed by atoms with E-state index in [4.69, 9.17) is 4.74 Å². The number of benzene rings is 2. The van der Waals surface area contributed by atoms with Gasteiger partial charge in [0.1, 0.15) is 0 Å². The summed E-state index contributed by atoms with van der Waals surface area (Å²) in [5.41, 5.74) is 3.77. The summed E-state index contributed by atoms with van der Waals surface area (Å²) in [6.07, 6.45) is 11.9. The summed E-state index contributed by atoms with van der Waals surface area (Å²) in [6, 6.07) is 15.0. The maximum atomic E-state index is 13.1. The molecule has 42 heavy (non-hydrogen) atoms. The first-order valence-corrected chi connectivity index (χ1v) is 13.3. The van der Waals surface area contributed by atoms with Gasteiger partial charge in [-0.3, -0.25) is 19.9 Å². The van der Waals surface area contributed by atoms with E-state index in [1.54, 1.807) is 49.3 Å². The van der Waals surface area contributed by atoms with Crippen molar-refractivity contribution in [1.82, 2.24) is 24.5 Å². The van der Waals surface area contributed by atoms with Gasteiger partial charge in [0, 0.05) is 72.2 Å². The van der Waals surface area contributed by atoms with Crippen molar-refractivity contribution in [3.05, 3.63) is 113 Å². The number of hydrogen-bond acceptors (Lipinski definition) is 9. The molecule has 0 aliphatic carbocycles. The number of rotatable bonds is 12. The number of carbonyl (C=O) groups excluding carboxylic acids is 1. The van der Waals surface area contributed by atoms with Crippen LogP contribution in [0.1, 0.15) is 28.8 Å². The molecule has 0 bridgehead atoms. The molecule has 0 aliphatic rings. The van der Waals surface area contributed by atoms with E-state index < -0.39 is 10.8 Å². The molecular formula is C30H28N8O4. The fourth-order valence-electron chi connectivity index (χ4n) is 4.17. The number of nitrogens with zero attached hydrogens (tertiary/aromatic N) is 6. The predicted octanol–water partition coefficient (Wildman–Crippen LogP) is 5.81. The van der Waals surface area contributed by atoms with Crippen molar-refractivity contribution in [1.29, 1.82) is 0 Å². The van der Waals surface area contributed by atoms with Gasteiger partial charge >= 0.3 is 5.69 Å². The second-order valence-corrected chi connectivity index (χ2v) is 9.41. The molecule has 1 amide bonds. The number of imidazole rings is 1. The Kier molecular flexibility index (Phi) is 8.73. The summed E-state index contributed by atoms with van der Waals surface area (Å²) >= 11 is 0. The Balaban J connectivity index is 1.25. The highest BCUT2D eigenvalue weighted by Gasteiger charge is 2.19. The first-order valence-electron chi connectivity index (χ1n) is 13.3. The molecule has 3 aromatic heterocycles. The van der Waals surface area contributed by atoms with Crippen molar-refractivity contribution in [2.75, 3.05) is 17.2 Å². The normalized spacial score (nSPS) is 10.7. The lowest BCUT2D eigenvalue weighted by Gasteiger charge is -2.13. The van der Waals surface area contributed by atoms with E-state index in [0.717, 1.165) is 29.8 Å². The van der Waals surface area contributed by atoms with Gasteiger partial charge in [-0.1, -0.05) is 6.07 Å². The number of nitro groups is 1. The molecule has 5 aromatic rings. The summed E-state index contributed by atoms with van der Waals surface area (Å²) in [4.78, 5) is 41.2. The topological polar surface area (TPSA) is 150 Å². The number of amides is 1. The molecule has 0 radical (unpaired) electrons. The maximum Gasteiger partial charge on any atom is 0.310 e. The van der Waals surface area contributed by atoms with Gasteiger partial charge in [0.25, 0.3) is 5.91 Å². The molecule has 12 nitrogen and oxygen atoms in total. The summed E-state index contributed by atoms with van der Waals surface area (Å²) in [5, 5.41) is 17.6. The van der Waals surface area contributed by atoms with Crippen LogP contribution in [-0.4, -0.2) is 41.9 Å². The predicted molar refractivity (Wildman–Crippen MR) is 158 cm³/mol. The Labute approximate surface area is 241 Å². The van der Waals surface area contributed by atoms with Crippen LogP contribution in [0.25, 0.3) is 11.3 Å². The van der Waals surface area contributed by atoms with Crippen LogP contribution >= 0.6 is 0 Å². The minimum atomic E-state index is -0.522. The number of aromatic nitrogens is 5. The highest BCUT2D eigenvalue weighted by molar-refractivity contribution is 6.05. The Morgan fingerprint density at radius 2 is 1.95 bits per heavy atom. The zero-order valence-corrected chi connectivity index (χ0v) is 22.8. The van der Waals surface area contributed by atoms with Crippen LogP contribution in [0.5, 0.6) is 5.75 Å². The van der Waals surface area contributed by atoms with Gasteiger partial charge in [-0.25, -0.2) is 15.0 Å². The van der Waals surface area contributed by atoms with Gasteiger partial charge in [0.2, 0.25) is 5.95 Å². The van der Waals surface area contributed by atoms with E-state index in [2.05, 4.69) is 30.6 Å². The summed E-state index contributed by atoms with van der Waals surface area (Å²) < 4.78 is 7.68. The Morgan fingerprint density at radius 1 is 1.05 bits per heavy atom. The van der Waals surface area contributed by atoms with Crippen LogP contribution in [-0.2, 0) is 6.54 Å². The maximum absolute atomic E-state index is 13.1.